The summed E-state index contributed by atoms with van der Waals surface area (Å²) in [6.45, 7) is 0.810. The average molecular weight is 250 g/mol. The van der Waals surface area contributed by atoms with Crippen LogP contribution in [0.3, 0.4) is 0 Å². The maximum absolute atomic E-state index is 11.0. The molecule has 6 heteroatoms. The zero-order valence-electron chi connectivity index (χ0n) is 9.25. The minimum Gasteiger partial charge on any atom is -0.486 e. The van der Waals surface area contributed by atoms with Gasteiger partial charge in [-0.15, -0.1) is 0 Å². The second-order valence-electron chi connectivity index (χ2n) is 3.56. The molecule has 1 aliphatic heterocycles. The Labute approximate surface area is 102 Å². The summed E-state index contributed by atoms with van der Waals surface area (Å²) in [5.41, 5.74) is -0.0476. The Morgan fingerprint density at radius 1 is 1.11 bits per heavy atom. The van der Waals surface area contributed by atoms with E-state index < -0.39 is 11.9 Å². The number of ether oxygens (including phenoxy) is 2. The zero-order chi connectivity index (χ0) is 13.1. The molecular weight excluding hydrogens is 240 g/mol. The Bertz CT molecular complexity index is 531. The standard InChI is InChI=1S/C12H10O6/c13-11(14)6-8(12(15)16)7-1-2-9-10(5-7)18-4-3-17-9/h1-2,5-6H,3-4H2,(H,13,14)(H,15,16)/b8-6-. The fourth-order valence-corrected chi connectivity index (χ4v) is 1.60. The summed E-state index contributed by atoms with van der Waals surface area (Å²) >= 11 is 0. The molecule has 1 aliphatic rings. The second-order valence-corrected chi connectivity index (χ2v) is 3.56. The van der Waals surface area contributed by atoms with E-state index in [1.54, 1.807) is 6.07 Å². The van der Waals surface area contributed by atoms with Gasteiger partial charge in [0.1, 0.15) is 13.2 Å². The van der Waals surface area contributed by atoms with Gasteiger partial charge in [0.25, 0.3) is 0 Å². The molecule has 2 N–H and O–H groups in total. The molecule has 0 aromatic heterocycles. The van der Waals surface area contributed by atoms with Gasteiger partial charge >= 0.3 is 11.9 Å². The third kappa shape index (κ3) is 2.42. The van der Waals surface area contributed by atoms with Gasteiger partial charge in [-0.05, 0) is 17.7 Å². The lowest BCUT2D eigenvalue weighted by atomic mass is 10.0. The van der Waals surface area contributed by atoms with E-state index in [4.69, 9.17) is 19.7 Å². The second kappa shape index (κ2) is 4.79. The van der Waals surface area contributed by atoms with E-state index in [9.17, 15) is 9.59 Å². The highest BCUT2D eigenvalue weighted by molar-refractivity contribution is 6.19. The monoisotopic (exact) mass is 250 g/mol. The van der Waals surface area contributed by atoms with Gasteiger partial charge in [-0.25, -0.2) is 9.59 Å². The van der Waals surface area contributed by atoms with Crippen LogP contribution in [0.2, 0.25) is 0 Å². The number of fused-ring (bicyclic) bond motifs is 1. The third-order valence-corrected chi connectivity index (χ3v) is 2.35. The van der Waals surface area contributed by atoms with Gasteiger partial charge in [-0.3, -0.25) is 0 Å². The van der Waals surface area contributed by atoms with Gasteiger partial charge in [-0.1, -0.05) is 6.07 Å². The van der Waals surface area contributed by atoms with Crippen molar-refractivity contribution in [2.24, 2.45) is 0 Å². The van der Waals surface area contributed by atoms with Gasteiger partial charge in [0.2, 0.25) is 0 Å². The van der Waals surface area contributed by atoms with Crippen LogP contribution in [0.25, 0.3) is 5.57 Å². The first kappa shape index (κ1) is 12.0. The number of carboxylic acids is 2. The van der Waals surface area contributed by atoms with Crippen LogP contribution in [0.15, 0.2) is 24.3 Å². The molecule has 0 spiro atoms. The Morgan fingerprint density at radius 3 is 2.39 bits per heavy atom. The van der Waals surface area contributed by atoms with E-state index in [-0.39, 0.29) is 11.1 Å². The van der Waals surface area contributed by atoms with Crippen LogP contribution >= 0.6 is 0 Å². The summed E-state index contributed by atoms with van der Waals surface area (Å²) < 4.78 is 10.6. The first-order valence-electron chi connectivity index (χ1n) is 5.16. The summed E-state index contributed by atoms with van der Waals surface area (Å²) in [6.07, 6.45) is 0.647. The van der Waals surface area contributed by atoms with Crippen molar-refractivity contribution in [3.63, 3.8) is 0 Å². The topological polar surface area (TPSA) is 93.1 Å². The fraction of sp³-hybridized carbons (Fsp3) is 0.167. The normalized spacial score (nSPS) is 14.1. The first-order valence-corrected chi connectivity index (χ1v) is 5.16. The van der Waals surface area contributed by atoms with Crippen LogP contribution in [0.1, 0.15) is 5.56 Å². The summed E-state index contributed by atoms with van der Waals surface area (Å²) in [5.74, 6) is -1.70. The maximum Gasteiger partial charge on any atom is 0.336 e. The fourth-order valence-electron chi connectivity index (χ4n) is 1.60. The predicted molar refractivity (Wildman–Crippen MR) is 60.7 cm³/mol. The van der Waals surface area contributed by atoms with Crippen molar-refractivity contribution in [2.75, 3.05) is 13.2 Å². The van der Waals surface area contributed by atoms with Crippen molar-refractivity contribution < 1.29 is 29.3 Å². The highest BCUT2D eigenvalue weighted by atomic mass is 16.6. The van der Waals surface area contributed by atoms with E-state index in [1.807, 2.05) is 0 Å². The van der Waals surface area contributed by atoms with Crippen LogP contribution < -0.4 is 9.47 Å². The molecule has 0 saturated carbocycles. The molecule has 0 amide bonds. The minimum absolute atomic E-state index is 0.258. The van der Waals surface area contributed by atoms with Gasteiger partial charge in [-0.2, -0.15) is 0 Å². The van der Waals surface area contributed by atoms with Crippen LogP contribution in [0.5, 0.6) is 11.5 Å². The number of rotatable bonds is 3. The number of benzene rings is 1. The lowest BCUT2D eigenvalue weighted by Gasteiger charge is -2.18. The number of hydrogen-bond acceptors (Lipinski definition) is 4. The van der Waals surface area contributed by atoms with Crippen molar-refractivity contribution in [1.82, 2.24) is 0 Å². The molecule has 0 bridgehead atoms. The van der Waals surface area contributed by atoms with Crippen LogP contribution in [0.4, 0.5) is 0 Å². The molecule has 0 radical (unpaired) electrons. The number of hydrogen-bond donors (Lipinski definition) is 2. The highest BCUT2D eigenvalue weighted by Gasteiger charge is 2.17. The van der Waals surface area contributed by atoms with Crippen molar-refractivity contribution in [2.45, 2.75) is 0 Å². The molecule has 0 fully saturated rings. The molecule has 18 heavy (non-hydrogen) atoms. The van der Waals surface area contributed by atoms with Crippen molar-refractivity contribution in [3.8, 4) is 11.5 Å². The van der Waals surface area contributed by atoms with E-state index in [0.717, 1.165) is 0 Å². The van der Waals surface area contributed by atoms with Gasteiger partial charge < -0.3 is 19.7 Å². The molecule has 1 aromatic carbocycles. The molecule has 0 atom stereocenters. The van der Waals surface area contributed by atoms with E-state index >= 15 is 0 Å². The lowest BCUT2D eigenvalue weighted by Crippen LogP contribution is -2.15. The SMILES string of the molecule is O=C(O)/C=C(\C(=O)O)c1ccc2c(c1)OCCO2. The molecule has 94 valence electrons. The predicted octanol–water partition coefficient (Wildman–Crippen LogP) is 1.01. The zero-order valence-corrected chi connectivity index (χ0v) is 9.25. The van der Waals surface area contributed by atoms with Crippen molar-refractivity contribution in [1.29, 1.82) is 0 Å². The van der Waals surface area contributed by atoms with Crippen LogP contribution in [0, 0.1) is 0 Å². The number of aliphatic carboxylic acids is 2. The van der Waals surface area contributed by atoms with E-state index in [0.29, 0.717) is 30.8 Å². The van der Waals surface area contributed by atoms with Crippen LogP contribution in [-0.4, -0.2) is 35.4 Å². The van der Waals surface area contributed by atoms with Gasteiger partial charge in [0.15, 0.2) is 11.5 Å². The van der Waals surface area contributed by atoms with Crippen molar-refractivity contribution >= 4 is 17.5 Å². The minimum atomic E-state index is -1.32. The summed E-state index contributed by atoms with van der Waals surface area (Å²) in [4.78, 5) is 21.6. The quantitative estimate of drug-likeness (QED) is 0.777. The molecule has 6 nitrogen and oxygen atoms in total. The highest BCUT2D eigenvalue weighted by Crippen LogP contribution is 2.32. The summed E-state index contributed by atoms with van der Waals surface area (Å²) in [6, 6.07) is 4.50. The van der Waals surface area contributed by atoms with E-state index in [2.05, 4.69) is 0 Å². The lowest BCUT2D eigenvalue weighted by molar-refractivity contribution is -0.133. The van der Waals surface area contributed by atoms with Crippen LogP contribution in [-0.2, 0) is 9.59 Å². The Balaban J connectivity index is 2.43. The Hall–Kier alpha value is -2.50. The molecule has 0 aliphatic carbocycles. The maximum atomic E-state index is 11.0. The summed E-state index contributed by atoms with van der Waals surface area (Å²) in [7, 11) is 0. The third-order valence-electron chi connectivity index (χ3n) is 2.35. The molecule has 2 rings (SSSR count). The average Bonchev–Trinajstić information content (AvgIpc) is 2.35. The largest absolute Gasteiger partial charge is 0.486 e. The first-order chi connectivity index (χ1) is 8.58. The van der Waals surface area contributed by atoms with Gasteiger partial charge in [0, 0.05) is 6.08 Å². The number of carboxylic acid groups (broad SMARTS) is 2. The van der Waals surface area contributed by atoms with Gasteiger partial charge in [0.05, 0.1) is 5.57 Å². The smallest absolute Gasteiger partial charge is 0.336 e. The summed E-state index contributed by atoms with van der Waals surface area (Å²) in [5, 5.41) is 17.6. The van der Waals surface area contributed by atoms with Crippen molar-refractivity contribution in [3.05, 3.63) is 29.8 Å². The number of carbonyl (C=O) groups is 2. The Kier molecular flexibility index (Phi) is 3.18. The molecule has 0 saturated heterocycles. The molecular formula is C12H10O6. The molecule has 1 aromatic rings. The molecule has 0 unspecified atom stereocenters. The molecule has 1 heterocycles. The Morgan fingerprint density at radius 2 is 1.78 bits per heavy atom. The van der Waals surface area contributed by atoms with E-state index in [1.165, 1.54) is 12.1 Å².